The molecule has 0 aliphatic rings. The van der Waals surface area contributed by atoms with Crippen molar-refractivity contribution in [1.29, 1.82) is 0 Å². The summed E-state index contributed by atoms with van der Waals surface area (Å²) in [5.74, 6) is 0.660. The Kier molecular flexibility index (Phi) is 10.8. The molecule has 1 amide bonds. The molecule has 0 atom stereocenters. The fraction of sp³-hybridized carbons (Fsp3) is 0.529. The second-order valence-corrected chi connectivity index (χ2v) is 6.82. The van der Waals surface area contributed by atoms with Crippen LogP contribution in [-0.2, 0) is 11.3 Å². The molecule has 0 unspecified atom stereocenters. The van der Waals surface area contributed by atoms with E-state index >= 15 is 0 Å². The van der Waals surface area contributed by atoms with Gasteiger partial charge in [0.1, 0.15) is 5.60 Å². The third kappa shape index (κ3) is 10.4. The highest BCUT2D eigenvalue weighted by Crippen LogP contribution is 2.10. The first kappa shape index (κ1) is 23.8. The molecule has 0 fully saturated rings. The maximum absolute atomic E-state index is 11.9. The number of aliphatic imine (C=N–C) groups is 1. The van der Waals surface area contributed by atoms with Crippen molar-refractivity contribution in [3.63, 3.8) is 0 Å². The van der Waals surface area contributed by atoms with Gasteiger partial charge in [-0.15, -0.1) is 24.0 Å². The van der Waals surface area contributed by atoms with E-state index in [1.54, 1.807) is 14.1 Å². The van der Waals surface area contributed by atoms with Crippen LogP contribution in [0.1, 0.15) is 26.3 Å². The van der Waals surface area contributed by atoms with E-state index in [1.165, 1.54) is 4.90 Å². The Morgan fingerprint density at radius 1 is 1.32 bits per heavy atom. The number of nitrogens with one attached hydrogen (secondary N) is 2. The molecule has 25 heavy (non-hydrogen) atoms. The number of likely N-dealkylation sites (N-methyl/N-ethyl adjacent to an activating group) is 1. The lowest BCUT2D eigenvalue weighted by atomic mass is 10.2. The smallest absolute Gasteiger partial charge is 0.410 e. The maximum Gasteiger partial charge on any atom is 0.410 e. The Balaban J connectivity index is 0.00000576. The zero-order chi connectivity index (χ0) is 18.2. The number of ether oxygens (including phenoxy) is 1. The number of rotatable bonds is 5. The molecule has 0 aliphatic carbocycles. The van der Waals surface area contributed by atoms with E-state index in [1.807, 2.05) is 45.0 Å². The molecule has 6 nitrogen and oxygen atoms in total. The van der Waals surface area contributed by atoms with Crippen LogP contribution in [0, 0.1) is 0 Å². The van der Waals surface area contributed by atoms with Gasteiger partial charge in [0.05, 0.1) is 0 Å². The molecular formula is C17H28ClIN4O2. The Bertz CT molecular complexity index is 576. The highest BCUT2D eigenvalue weighted by atomic mass is 127. The summed E-state index contributed by atoms with van der Waals surface area (Å²) in [6.07, 6.45) is -0.342. The van der Waals surface area contributed by atoms with E-state index in [9.17, 15) is 4.79 Å². The van der Waals surface area contributed by atoms with E-state index < -0.39 is 5.60 Å². The molecule has 0 saturated carbocycles. The predicted octanol–water partition coefficient (Wildman–Crippen LogP) is 3.49. The fourth-order valence-corrected chi connectivity index (χ4v) is 2.04. The number of hydrogen-bond acceptors (Lipinski definition) is 3. The van der Waals surface area contributed by atoms with Crippen LogP contribution >= 0.6 is 35.6 Å². The van der Waals surface area contributed by atoms with Crippen molar-refractivity contribution in [3.8, 4) is 0 Å². The van der Waals surface area contributed by atoms with Crippen molar-refractivity contribution in [3.05, 3.63) is 34.9 Å². The SMILES string of the molecule is CN=C(NCCN(C)C(=O)OC(C)(C)C)NCc1cccc(Cl)c1.I. The van der Waals surface area contributed by atoms with Crippen molar-refractivity contribution in [1.82, 2.24) is 15.5 Å². The van der Waals surface area contributed by atoms with Crippen molar-refractivity contribution in [2.75, 3.05) is 27.2 Å². The van der Waals surface area contributed by atoms with Crippen LogP contribution in [0.5, 0.6) is 0 Å². The predicted molar refractivity (Wildman–Crippen MR) is 114 cm³/mol. The van der Waals surface area contributed by atoms with Gasteiger partial charge in [0.2, 0.25) is 0 Å². The van der Waals surface area contributed by atoms with Gasteiger partial charge in [-0.2, -0.15) is 0 Å². The second-order valence-electron chi connectivity index (χ2n) is 6.38. The van der Waals surface area contributed by atoms with E-state index in [4.69, 9.17) is 16.3 Å². The summed E-state index contributed by atoms with van der Waals surface area (Å²) in [6.45, 7) is 7.22. The molecule has 0 spiro atoms. The van der Waals surface area contributed by atoms with Gasteiger partial charge in [0.15, 0.2) is 5.96 Å². The molecule has 1 aromatic rings. The van der Waals surface area contributed by atoms with E-state index in [0.29, 0.717) is 30.6 Å². The van der Waals surface area contributed by atoms with Gasteiger partial charge >= 0.3 is 6.09 Å². The summed E-state index contributed by atoms with van der Waals surface area (Å²) in [4.78, 5) is 17.5. The van der Waals surface area contributed by atoms with Crippen molar-refractivity contribution >= 4 is 47.6 Å². The molecule has 0 bridgehead atoms. The molecule has 2 N–H and O–H groups in total. The first-order valence-corrected chi connectivity index (χ1v) is 8.22. The van der Waals surface area contributed by atoms with Gasteiger partial charge in [-0.1, -0.05) is 23.7 Å². The molecule has 0 heterocycles. The molecule has 1 rings (SSSR count). The van der Waals surface area contributed by atoms with E-state index in [-0.39, 0.29) is 30.1 Å². The summed E-state index contributed by atoms with van der Waals surface area (Å²) >= 11 is 5.96. The topological polar surface area (TPSA) is 66.0 Å². The molecule has 142 valence electrons. The molecule has 0 radical (unpaired) electrons. The molecular weight excluding hydrogens is 455 g/mol. The average Bonchev–Trinajstić information content (AvgIpc) is 2.48. The third-order valence-corrected chi connectivity index (χ3v) is 3.25. The van der Waals surface area contributed by atoms with Gasteiger partial charge in [0, 0.05) is 38.8 Å². The Morgan fingerprint density at radius 3 is 2.56 bits per heavy atom. The lowest BCUT2D eigenvalue weighted by molar-refractivity contribution is 0.0302. The van der Waals surface area contributed by atoms with Crippen molar-refractivity contribution in [2.45, 2.75) is 32.9 Å². The van der Waals surface area contributed by atoms with Crippen LogP contribution < -0.4 is 10.6 Å². The highest BCUT2D eigenvalue weighted by Gasteiger charge is 2.19. The number of guanidine groups is 1. The zero-order valence-electron chi connectivity index (χ0n) is 15.4. The average molecular weight is 483 g/mol. The number of benzene rings is 1. The summed E-state index contributed by atoms with van der Waals surface area (Å²) < 4.78 is 5.30. The number of halogens is 2. The van der Waals surface area contributed by atoms with Gasteiger partial charge < -0.3 is 20.3 Å². The molecule has 0 aliphatic heterocycles. The van der Waals surface area contributed by atoms with Gasteiger partial charge in [0.25, 0.3) is 0 Å². The minimum Gasteiger partial charge on any atom is -0.444 e. The summed E-state index contributed by atoms with van der Waals surface area (Å²) in [7, 11) is 3.41. The monoisotopic (exact) mass is 482 g/mol. The molecule has 8 heteroatoms. The fourth-order valence-electron chi connectivity index (χ4n) is 1.83. The van der Waals surface area contributed by atoms with E-state index in [0.717, 1.165) is 5.56 Å². The van der Waals surface area contributed by atoms with Crippen LogP contribution in [0.3, 0.4) is 0 Å². The number of carbonyl (C=O) groups excluding carboxylic acids is 1. The minimum absolute atomic E-state index is 0. The largest absolute Gasteiger partial charge is 0.444 e. The van der Waals surface area contributed by atoms with Crippen LogP contribution in [0.2, 0.25) is 5.02 Å². The number of carbonyl (C=O) groups is 1. The number of nitrogens with zero attached hydrogens (tertiary/aromatic N) is 2. The second kappa shape index (κ2) is 11.4. The van der Waals surface area contributed by atoms with Crippen LogP contribution in [0.15, 0.2) is 29.3 Å². The van der Waals surface area contributed by atoms with Crippen molar-refractivity contribution < 1.29 is 9.53 Å². The Hall–Kier alpha value is -1.22. The lowest BCUT2D eigenvalue weighted by Gasteiger charge is -2.24. The molecule has 0 saturated heterocycles. The first-order chi connectivity index (χ1) is 11.2. The number of hydrogen-bond donors (Lipinski definition) is 2. The third-order valence-electron chi connectivity index (χ3n) is 3.02. The van der Waals surface area contributed by atoms with Gasteiger partial charge in [-0.3, -0.25) is 4.99 Å². The highest BCUT2D eigenvalue weighted by molar-refractivity contribution is 14.0. The lowest BCUT2D eigenvalue weighted by Crippen LogP contribution is -2.42. The Labute approximate surface area is 172 Å². The summed E-state index contributed by atoms with van der Waals surface area (Å²) in [5, 5.41) is 7.06. The minimum atomic E-state index is -0.493. The quantitative estimate of drug-likeness (QED) is 0.383. The van der Waals surface area contributed by atoms with Crippen LogP contribution in [0.4, 0.5) is 4.79 Å². The van der Waals surface area contributed by atoms with Crippen LogP contribution in [0.25, 0.3) is 0 Å². The molecule has 0 aromatic heterocycles. The molecule has 1 aromatic carbocycles. The summed E-state index contributed by atoms with van der Waals surface area (Å²) in [6, 6.07) is 7.64. The van der Waals surface area contributed by atoms with Gasteiger partial charge in [-0.25, -0.2) is 4.79 Å². The van der Waals surface area contributed by atoms with Crippen molar-refractivity contribution in [2.24, 2.45) is 4.99 Å². The number of amides is 1. The van der Waals surface area contributed by atoms with Gasteiger partial charge in [-0.05, 0) is 38.5 Å². The summed E-state index contributed by atoms with van der Waals surface area (Å²) in [5.41, 5.74) is 0.573. The zero-order valence-corrected chi connectivity index (χ0v) is 18.5. The standard InChI is InChI=1S/C17H27ClN4O2.HI/c1-17(2,3)24-16(23)22(5)10-9-20-15(19-4)21-12-13-7-6-8-14(18)11-13;/h6-8,11H,9-10,12H2,1-5H3,(H2,19,20,21);1H. The van der Waals surface area contributed by atoms with Crippen LogP contribution in [-0.4, -0.2) is 49.7 Å². The normalized spacial score (nSPS) is 11.4. The maximum atomic E-state index is 11.9. The first-order valence-electron chi connectivity index (χ1n) is 7.84. The Morgan fingerprint density at radius 2 is 2.00 bits per heavy atom. The van der Waals surface area contributed by atoms with E-state index in [2.05, 4.69) is 15.6 Å².